The first-order valence-electron chi connectivity index (χ1n) is 8.35. The van der Waals surface area contributed by atoms with E-state index in [0.29, 0.717) is 31.7 Å². The third-order valence-electron chi connectivity index (χ3n) is 4.59. The quantitative estimate of drug-likeness (QED) is 0.826. The lowest BCUT2D eigenvalue weighted by Crippen LogP contribution is -2.61. The maximum Gasteiger partial charge on any atom is 0.271 e. The average molecular weight is 339 g/mol. The zero-order valence-corrected chi connectivity index (χ0v) is 14.2. The van der Waals surface area contributed by atoms with Crippen molar-refractivity contribution < 1.29 is 9.59 Å². The van der Waals surface area contributed by atoms with E-state index < -0.39 is 0 Å². The van der Waals surface area contributed by atoms with Crippen molar-refractivity contribution in [3.05, 3.63) is 59.1 Å². The number of aromatic amines is 1. The highest BCUT2D eigenvalue weighted by Gasteiger charge is 2.34. The van der Waals surface area contributed by atoms with Crippen LogP contribution in [0.3, 0.4) is 0 Å². The molecule has 25 heavy (non-hydrogen) atoms. The second-order valence-electron chi connectivity index (χ2n) is 6.16. The number of ketones is 1. The molecule has 1 aliphatic heterocycles. The number of carbonyl (C=O) groups excluding carboxylic acids is 2. The summed E-state index contributed by atoms with van der Waals surface area (Å²) in [7, 11) is 0. The molecule has 1 amide bonds. The molecule has 6 nitrogen and oxygen atoms in total. The molecule has 0 aromatic carbocycles. The van der Waals surface area contributed by atoms with E-state index in [0.717, 1.165) is 11.1 Å². The molecule has 3 rings (SSSR count). The zero-order chi connectivity index (χ0) is 18.0. The lowest BCUT2D eigenvalue weighted by atomic mass is 9.99. The Morgan fingerprint density at radius 2 is 2.20 bits per heavy atom. The molecular weight excluding hydrogens is 318 g/mol. The Hall–Kier alpha value is -2.89. The molecule has 0 saturated carbocycles. The fraction of sp³-hybridized carbons (Fsp3) is 0.316. The predicted molar refractivity (Wildman–Crippen MR) is 97.4 cm³/mol. The molecule has 0 bridgehead atoms. The summed E-state index contributed by atoms with van der Waals surface area (Å²) in [6, 6.07) is 1.91. The van der Waals surface area contributed by atoms with E-state index in [9.17, 15) is 14.4 Å². The molecule has 0 unspecified atom stereocenters. The molecule has 1 aliphatic carbocycles. The van der Waals surface area contributed by atoms with Gasteiger partial charge in [0.05, 0.1) is 6.04 Å². The molecule has 0 spiro atoms. The number of hydrogen-bond donors (Lipinski definition) is 1. The highest BCUT2D eigenvalue weighted by atomic mass is 16.2. The first kappa shape index (κ1) is 17.0. The average Bonchev–Trinajstić information content (AvgIpc) is 2.58. The van der Waals surface area contributed by atoms with E-state index in [1.165, 1.54) is 6.08 Å². The van der Waals surface area contributed by atoms with Gasteiger partial charge in [-0.05, 0) is 30.7 Å². The van der Waals surface area contributed by atoms with Crippen LogP contribution in [0.5, 0.6) is 0 Å². The molecule has 1 aromatic rings. The largest absolute Gasteiger partial charge is 0.361 e. The topological polar surface area (TPSA) is 73.5 Å². The second kappa shape index (κ2) is 6.93. The molecule has 1 fully saturated rings. The van der Waals surface area contributed by atoms with Crippen molar-refractivity contribution >= 4 is 23.0 Å². The normalized spacial score (nSPS) is 17.1. The number of nitrogens with one attached hydrogen (secondary N) is 1. The minimum Gasteiger partial charge on any atom is -0.361 e. The number of anilines is 1. The number of carbonyl (C=O) groups is 2. The van der Waals surface area contributed by atoms with Gasteiger partial charge in [0.15, 0.2) is 5.78 Å². The summed E-state index contributed by atoms with van der Waals surface area (Å²) in [6.07, 6.45) is 8.66. The van der Waals surface area contributed by atoms with Crippen LogP contribution < -0.4 is 10.5 Å². The summed E-state index contributed by atoms with van der Waals surface area (Å²) >= 11 is 0. The van der Waals surface area contributed by atoms with Crippen LogP contribution in [0.15, 0.2) is 47.9 Å². The Morgan fingerprint density at radius 1 is 1.44 bits per heavy atom. The molecule has 1 N–H and O–H groups in total. The Kier molecular flexibility index (Phi) is 4.70. The second-order valence-corrected chi connectivity index (χ2v) is 6.16. The van der Waals surface area contributed by atoms with Crippen molar-refractivity contribution in [2.75, 3.05) is 24.5 Å². The summed E-state index contributed by atoms with van der Waals surface area (Å²) in [4.78, 5) is 42.0. The van der Waals surface area contributed by atoms with Crippen LogP contribution in [0.25, 0.3) is 5.57 Å². The predicted octanol–water partition coefficient (Wildman–Crippen LogP) is 1.51. The number of hydrogen-bond acceptors (Lipinski definition) is 4. The first-order chi connectivity index (χ1) is 12.0. The Morgan fingerprint density at radius 3 is 2.84 bits per heavy atom. The van der Waals surface area contributed by atoms with Crippen LogP contribution in [0.2, 0.25) is 0 Å². The minimum atomic E-state index is -0.175. The molecule has 0 radical (unpaired) electrons. The zero-order valence-electron chi connectivity index (χ0n) is 14.2. The number of nitrogens with zero attached hydrogens (tertiary/aromatic N) is 2. The monoisotopic (exact) mass is 339 g/mol. The van der Waals surface area contributed by atoms with E-state index in [-0.39, 0.29) is 23.3 Å². The lowest BCUT2D eigenvalue weighted by Gasteiger charge is -2.45. The molecule has 6 heteroatoms. The summed E-state index contributed by atoms with van der Waals surface area (Å²) < 4.78 is 0. The Bertz CT molecular complexity index is 829. The van der Waals surface area contributed by atoms with Crippen LogP contribution in [-0.2, 0) is 9.59 Å². The van der Waals surface area contributed by atoms with Gasteiger partial charge < -0.3 is 14.8 Å². The molecule has 130 valence electrons. The van der Waals surface area contributed by atoms with Crippen molar-refractivity contribution in [2.45, 2.75) is 19.4 Å². The summed E-state index contributed by atoms with van der Waals surface area (Å²) in [5.74, 6) is -0.0406. The van der Waals surface area contributed by atoms with Crippen LogP contribution >= 0.6 is 0 Å². The molecule has 1 aromatic heterocycles. The van der Waals surface area contributed by atoms with Crippen molar-refractivity contribution in [1.82, 2.24) is 9.88 Å². The van der Waals surface area contributed by atoms with E-state index >= 15 is 0 Å². The van der Waals surface area contributed by atoms with Crippen molar-refractivity contribution in [3.63, 3.8) is 0 Å². The van der Waals surface area contributed by atoms with Gasteiger partial charge in [-0.1, -0.05) is 18.7 Å². The number of amides is 1. The maximum absolute atomic E-state index is 12.3. The van der Waals surface area contributed by atoms with Gasteiger partial charge in [0.25, 0.3) is 5.56 Å². The summed E-state index contributed by atoms with van der Waals surface area (Å²) in [5.41, 5.74) is 1.98. The summed E-state index contributed by atoms with van der Waals surface area (Å²) in [5, 5.41) is 0. The fourth-order valence-electron chi connectivity index (χ4n) is 3.20. The van der Waals surface area contributed by atoms with Crippen molar-refractivity contribution in [2.24, 2.45) is 0 Å². The van der Waals surface area contributed by atoms with Crippen LogP contribution in [0.4, 0.5) is 5.69 Å². The molecule has 1 saturated heterocycles. The molecular formula is C19H21N3O3. The number of likely N-dealkylation sites (N-methyl/N-ethyl adjacent to an activating group) is 1. The van der Waals surface area contributed by atoms with E-state index in [2.05, 4.69) is 11.6 Å². The highest BCUT2D eigenvalue weighted by Crippen LogP contribution is 2.25. The number of likely N-dealkylation sites (tertiary alicyclic amines) is 1. The van der Waals surface area contributed by atoms with E-state index in [4.69, 9.17) is 0 Å². The third-order valence-corrected chi connectivity index (χ3v) is 4.59. The van der Waals surface area contributed by atoms with Gasteiger partial charge in [-0.3, -0.25) is 14.4 Å². The van der Waals surface area contributed by atoms with Gasteiger partial charge in [-0.2, -0.15) is 0 Å². The van der Waals surface area contributed by atoms with Crippen molar-refractivity contribution in [1.29, 1.82) is 0 Å². The summed E-state index contributed by atoms with van der Waals surface area (Å²) in [6.45, 7) is 7.27. The van der Waals surface area contributed by atoms with Crippen LogP contribution in [-0.4, -0.2) is 47.3 Å². The van der Waals surface area contributed by atoms with Gasteiger partial charge in [0, 0.05) is 37.8 Å². The van der Waals surface area contributed by atoms with Crippen molar-refractivity contribution in [3.8, 4) is 0 Å². The minimum absolute atomic E-state index is 0.0511. The van der Waals surface area contributed by atoms with E-state index in [1.807, 2.05) is 30.0 Å². The highest BCUT2D eigenvalue weighted by molar-refractivity contribution is 6.01. The van der Waals surface area contributed by atoms with Crippen LogP contribution in [0, 0.1) is 0 Å². The van der Waals surface area contributed by atoms with Gasteiger partial charge in [-0.25, -0.2) is 0 Å². The van der Waals surface area contributed by atoms with Gasteiger partial charge >= 0.3 is 0 Å². The maximum atomic E-state index is 12.3. The molecule has 0 atom stereocenters. The number of allylic oxidation sites excluding steroid dienone is 4. The standard InChI is InChI=1S/C19H21N3O3/c1-3-18(24)21-11-15(12-21)22(4-2)17-9-14(10-20-19(17)25)13-6-5-7-16(23)8-13/h3,5-6,8-10,15H,1,4,7,11-12H2,2H3,(H,20,25). The Balaban J connectivity index is 1.86. The molecule has 2 heterocycles. The van der Waals surface area contributed by atoms with Crippen LogP contribution in [0.1, 0.15) is 18.9 Å². The van der Waals surface area contributed by atoms with E-state index in [1.54, 1.807) is 17.2 Å². The molecule has 2 aliphatic rings. The SMILES string of the molecule is C=CC(=O)N1CC(N(CC)c2cc(C3=CC(=O)CC=C3)c[nH]c2=O)C1. The first-order valence-corrected chi connectivity index (χ1v) is 8.35. The van der Waals surface area contributed by atoms with Gasteiger partial charge in [0.1, 0.15) is 5.69 Å². The number of pyridine rings is 1. The fourth-order valence-corrected chi connectivity index (χ4v) is 3.20. The Labute approximate surface area is 146 Å². The number of aromatic nitrogens is 1. The smallest absolute Gasteiger partial charge is 0.271 e. The number of rotatable bonds is 5. The third kappa shape index (κ3) is 3.33. The van der Waals surface area contributed by atoms with Gasteiger partial charge in [-0.15, -0.1) is 0 Å². The number of H-pyrrole nitrogens is 1. The lowest BCUT2D eigenvalue weighted by molar-refractivity contribution is -0.130. The van der Waals surface area contributed by atoms with Gasteiger partial charge in [0.2, 0.25) is 5.91 Å².